The number of halogens is 1. The molecule has 0 saturated carbocycles. The molecule has 0 aliphatic rings. The minimum Gasteiger partial charge on any atom is -0.493 e. The molecule has 0 atom stereocenters. The third-order valence-corrected chi connectivity index (χ3v) is 5.07. The molecule has 9 heteroatoms. The van der Waals surface area contributed by atoms with Crippen LogP contribution in [0.4, 0.5) is 4.39 Å². The van der Waals surface area contributed by atoms with Crippen molar-refractivity contribution < 1.29 is 23.2 Å². The smallest absolute Gasteiger partial charge is 0.274 e. The Balaban J connectivity index is 1.36. The van der Waals surface area contributed by atoms with Gasteiger partial charge in [0.25, 0.3) is 5.89 Å². The number of benzene rings is 2. The maximum atomic E-state index is 13.1. The van der Waals surface area contributed by atoms with E-state index in [1.165, 1.54) is 12.1 Å². The molecule has 0 aliphatic heterocycles. The number of rotatable bonds is 9. The average molecular weight is 450 g/mol. The Hall–Kier alpha value is -4.14. The fourth-order valence-electron chi connectivity index (χ4n) is 3.38. The van der Waals surface area contributed by atoms with Gasteiger partial charge in [-0.15, -0.1) is 0 Å². The van der Waals surface area contributed by atoms with E-state index in [-0.39, 0.29) is 24.2 Å². The SMILES string of the molecule is COc1ccc(CCNC(=O)Cn2cccc2-c2nc(-c3ccc(F)cc3)no2)cc1OC. The molecule has 0 unspecified atom stereocenters. The molecule has 0 bridgehead atoms. The summed E-state index contributed by atoms with van der Waals surface area (Å²) in [5.41, 5.74) is 2.28. The summed E-state index contributed by atoms with van der Waals surface area (Å²) in [5, 5.41) is 6.88. The quantitative estimate of drug-likeness (QED) is 0.418. The number of carbonyl (C=O) groups is 1. The number of ether oxygens (including phenoxy) is 2. The highest BCUT2D eigenvalue weighted by Gasteiger charge is 2.15. The molecule has 1 amide bonds. The van der Waals surface area contributed by atoms with Gasteiger partial charge in [-0.05, 0) is 60.5 Å². The van der Waals surface area contributed by atoms with Crippen LogP contribution in [0.15, 0.2) is 65.3 Å². The highest BCUT2D eigenvalue weighted by atomic mass is 19.1. The van der Waals surface area contributed by atoms with Gasteiger partial charge in [-0.2, -0.15) is 4.98 Å². The highest BCUT2D eigenvalue weighted by molar-refractivity contribution is 5.76. The van der Waals surface area contributed by atoms with Crippen molar-refractivity contribution in [2.45, 2.75) is 13.0 Å². The first kappa shape index (κ1) is 22.1. The fraction of sp³-hybridized carbons (Fsp3) is 0.208. The molecule has 4 rings (SSSR count). The Morgan fingerprint density at radius 2 is 1.88 bits per heavy atom. The van der Waals surface area contributed by atoms with Crippen LogP contribution in [0.25, 0.3) is 23.0 Å². The fourth-order valence-corrected chi connectivity index (χ4v) is 3.38. The lowest BCUT2D eigenvalue weighted by atomic mass is 10.1. The number of methoxy groups -OCH3 is 2. The molecule has 0 fully saturated rings. The van der Waals surface area contributed by atoms with Crippen LogP contribution in [-0.4, -0.2) is 41.4 Å². The molecule has 4 aromatic rings. The first-order chi connectivity index (χ1) is 16.1. The standard InChI is InChI=1S/C24H23FN4O4/c1-31-20-10-5-16(14-21(20)32-2)11-12-26-22(30)15-29-13-3-4-19(29)24-27-23(28-33-24)17-6-8-18(25)9-7-17/h3-10,13-14H,11-12,15H2,1-2H3,(H,26,30). The van der Waals surface area contributed by atoms with Crippen LogP contribution >= 0.6 is 0 Å². The summed E-state index contributed by atoms with van der Waals surface area (Å²) < 4.78 is 30.8. The first-order valence-electron chi connectivity index (χ1n) is 10.3. The van der Waals surface area contributed by atoms with E-state index in [0.29, 0.717) is 41.5 Å². The van der Waals surface area contributed by atoms with Gasteiger partial charge in [-0.1, -0.05) is 11.2 Å². The minimum atomic E-state index is -0.339. The topological polar surface area (TPSA) is 91.4 Å². The van der Waals surface area contributed by atoms with Crippen LogP contribution < -0.4 is 14.8 Å². The second-order valence-electron chi connectivity index (χ2n) is 7.24. The summed E-state index contributed by atoms with van der Waals surface area (Å²) in [4.78, 5) is 16.9. The lowest BCUT2D eigenvalue weighted by Crippen LogP contribution is -2.29. The molecule has 170 valence electrons. The van der Waals surface area contributed by atoms with Gasteiger partial charge < -0.3 is 23.9 Å². The van der Waals surface area contributed by atoms with Crippen molar-refractivity contribution >= 4 is 5.91 Å². The van der Waals surface area contributed by atoms with Crippen LogP contribution in [0.3, 0.4) is 0 Å². The van der Waals surface area contributed by atoms with E-state index >= 15 is 0 Å². The van der Waals surface area contributed by atoms with Crippen LogP contribution in [0.5, 0.6) is 11.5 Å². The summed E-state index contributed by atoms with van der Waals surface area (Å²) in [6, 6.07) is 15.1. The molecule has 0 spiro atoms. The van der Waals surface area contributed by atoms with Crippen molar-refractivity contribution in [1.82, 2.24) is 20.0 Å². The van der Waals surface area contributed by atoms with Crippen molar-refractivity contribution in [2.75, 3.05) is 20.8 Å². The van der Waals surface area contributed by atoms with Gasteiger partial charge in [-0.25, -0.2) is 4.39 Å². The zero-order chi connectivity index (χ0) is 23.2. The Kier molecular flexibility index (Phi) is 6.68. The van der Waals surface area contributed by atoms with Crippen LogP contribution in [0.1, 0.15) is 5.56 Å². The van der Waals surface area contributed by atoms with Gasteiger partial charge in [0.15, 0.2) is 11.5 Å². The molecule has 33 heavy (non-hydrogen) atoms. The second kappa shape index (κ2) is 9.99. The van der Waals surface area contributed by atoms with Gasteiger partial charge in [0.1, 0.15) is 18.1 Å². The summed E-state index contributed by atoms with van der Waals surface area (Å²) >= 11 is 0. The second-order valence-corrected chi connectivity index (χ2v) is 7.24. The summed E-state index contributed by atoms with van der Waals surface area (Å²) in [6.45, 7) is 0.572. The predicted molar refractivity (Wildman–Crippen MR) is 119 cm³/mol. The maximum Gasteiger partial charge on any atom is 0.274 e. The number of amides is 1. The van der Waals surface area contributed by atoms with E-state index in [0.717, 1.165) is 5.56 Å². The first-order valence-corrected chi connectivity index (χ1v) is 10.3. The van der Waals surface area contributed by atoms with Crippen molar-refractivity contribution in [1.29, 1.82) is 0 Å². The Labute approximate surface area is 190 Å². The largest absolute Gasteiger partial charge is 0.493 e. The molecule has 0 aliphatic carbocycles. The molecule has 1 N–H and O–H groups in total. The molecule has 0 radical (unpaired) electrons. The lowest BCUT2D eigenvalue weighted by Gasteiger charge is -2.11. The van der Waals surface area contributed by atoms with Gasteiger partial charge in [0, 0.05) is 18.3 Å². The van der Waals surface area contributed by atoms with E-state index in [2.05, 4.69) is 15.5 Å². The van der Waals surface area contributed by atoms with Gasteiger partial charge >= 0.3 is 0 Å². The maximum absolute atomic E-state index is 13.1. The number of aromatic nitrogens is 3. The van der Waals surface area contributed by atoms with Crippen LogP contribution in [0, 0.1) is 5.82 Å². The molecular weight excluding hydrogens is 427 g/mol. The predicted octanol–water partition coefficient (Wildman–Crippen LogP) is 3.72. The molecule has 2 heterocycles. The number of nitrogens with one attached hydrogen (secondary N) is 1. The third kappa shape index (κ3) is 5.20. The Morgan fingerprint density at radius 1 is 1.09 bits per heavy atom. The van der Waals surface area contributed by atoms with Crippen LogP contribution in [-0.2, 0) is 17.8 Å². The van der Waals surface area contributed by atoms with Gasteiger partial charge in [-0.3, -0.25) is 4.79 Å². The zero-order valence-corrected chi connectivity index (χ0v) is 18.2. The highest BCUT2D eigenvalue weighted by Crippen LogP contribution is 2.27. The molecule has 2 aromatic heterocycles. The Morgan fingerprint density at radius 3 is 2.64 bits per heavy atom. The number of nitrogens with zero attached hydrogens (tertiary/aromatic N) is 3. The molecule has 0 saturated heterocycles. The number of hydrogen-bond donors (Lipinski definition) is 1. The Bertz CT molecular complexity index is 1230. The summed E-state index contributed by atoms with van der Waals surface area (Å²) in [5.74, 6) is 1.45. The summed E-state index contributed by atoms with van der Waals surface area (Å²) in [7, 11) is 3.18. The van der Waals surface area contributed by atoms with Gasteiger partial charge in [0.2, 0.25) is 11.7 Å². The van der Waals surface area contributed by atoms with E-state index in [1.54, 1.807) is 49.2 Å². The van der Waals surface area contributed by atoms with E-state index < -0.39 is 0 Å². The average Bonchev–Trinajstić information content (AvgIpc) is 3.49. The minimum absolute atomic E-state index is 0.0997. The van der Waals surface area contributed by atoms with E-state index in [4.69, 9.17) is 14.0 Å². The monoisotopic (exact) mass is 450 g/mol. The third-order valence-electron chi connectivity index (χ3n) is 5.07. The van der Waals surface area contributed by atoms with Crippen molar-refractivity contribution in [2.24, 2.45) is 0 Å². The van der Waals surface area contributed by atoms with Gasteiger partial charge in [0.05, 0.1) is 14.2 Å². The van der Waals surface area contributed by atoms with E-state index in [9.17, 15) is 9.18 Å². The van der Waals surface area contributed by atoms with Crippen LogP contribution in [0.2, 0.25) is 0 Å². The van der Waals surface area contributed by atoms with Crippen molar-refractivity contribution in [3.63, 3.8) is 0 Å². The van der Waals surface area contributed by atoms with Crippen molar-refractivity contribution in [3.05, 3.63) is 72.2 Å². The lowest BCUT2D eigenvalue weighted by molar-refractivity contribution is -0.121. The molecule has 2 aromatic carbocycles. The van der Waals surface area contributed by atoms with E-state index in [1.807, 2.05) is 18.2 Å². The molecule has 8 nitrogen and oxygen atoms in total. The summed E-state index contributed by atoms with van der Waals surface area (Å²) in [6.07, 6.45) is 2.42. The number of carbonyl (C=O) groups excluding carboxylic acids is 1. The number of hydrogen-bond acceptors (Lipinski definition) is 6. The zero-order valence-electron chi connectivity index (χ0n) is 18.2. The normalized spacial score (nSPS) is 10.8. The van der Waals surface area contributed by atoms with Crippen molar-refractivity contribution in [3.8, 4) is 34.5 Å². The molecular formula is C24H23FN4O4.